The highest BCUT2D eigenvalue weighted by Crippen LogP contribution is 2.24. The van der Waals surface area contributed by atoms with Gasteiger partial charge in [0.1, 0.15) is 5.69 Å². The van der Waals surface area contributed by atoms with Gasteiger partial charge < -0.3 is 9.84 Å². The second-order valence-electron chi connectivity index (χ2n) is 7.02. The number of aromatic hydroxyl groups is 1. The second-order valence-corrected chi connectivity index (χ2v) is 7.02. The molecule has 0 fully saturated rings. The number of aromatic nitrogens is 6. The fourth-order valence-corrected chi connectivity index (χ4v) is 3.47. The maximum Gasteiger partial charge on any atom is 0.251 e. The highest BCUT2D eigenvalue weighted by Gasteiger charge is 2.19. The van der Waals surface area contributed by atoms with E-state index in [0.29, 0.717) is 11.4 Å². The van der Waals surface area contributed by atoms with E-state index in [9.17, 15) is 9.90 Å². The van der Waals surface area contributed by atoms with Crippen LogP contribution in [0.4, 0.5) is 4.39 Å². The fourth-order valence-electron chi connectivity index (χ4n) is 3.47. The number of hydrogen-bond acceptors (Lipinski definition) is 6. The summed E-state index contributed by atoms with van der Waals surface area (Å²) < 4.78 is 24.4. The summed E-state index contributed by atoms with van der Waals surface area (Å²) in [4.78, 5) is 13.0. The molecule has 0 aliphatic heterocycles. The molecule has 2 aromatic carbocycles. The van der Waals surface area contributed by atoms with Gasteiger partial charge in [0.05, 0.1) is 42.8 Å². The number of hydrogen-bond donors (Lipinski definition) is 1. The zero-order chi connectivity index (χ0) is 22.9. The van der Waals surface area contributed by atoms with Gasteiger partial charge in [0.2, 0.25) is 5.88 Å². The van der Waals surface area contributed by atoms with Crippen molar-refractivity contribution in [2.24, 2.45) is 0 Å². The second kappa shape index (κ2) is 8.08. The molecule has 0 amide bonds. The fraction of sp³-hybridized carbons (Fsp3) is 0.0435. The molecule has 33 heavy (non-hydrogen) atoms. The van der Waals surface area contributed by atoms with E-state index in [2.05, 4.69) is 15.3 Å². The molecular weight excluding hydrogens is 427 g/mol. The van der Waals surface area contributed by atoms with Gasteiger partial charge in [-0.05, 0) is 30.3 Å². The number of halogens is 1. The van der Waals surface area contributed by atoms with Gasteiger partial charge in [-0.1, -0.05) is 18.2 Å². The van der Waals surface area contributed by atoms with Crippen molar-refractivity contribution in [2.75, 3.05) is 7.11 Å². The number of nitrogens with zero attached hydrogens (tertiary/aromatic N) is 6. The topological polar surface area (TPSA) is 100.0 Å². The van der Waals surface area contributed by atoms with E-state index in [0.717, 1.165) is 5.69 Å². The van der Waals surface area contributed by atoms with Gasteiger partial charge in [0.25, 0.3) is 5.43 Å². The molecule has 3 heterocycles. The summed E-state index contributed by atoms with van der Waals surface area (Å²) >= 11 is 0. The predicted octanol–water partition coefficient (Wildman–Crippen LogP) is 3.12. The SMILES string of the molecule is COc1cn(-c2ccc(-n3nccc3O)cc2F)nc(-c2ccnn2-c2ccccc2)c1=O. The maximum atomic E-state index is 15.1. The molecule has 0 aliphatic carbocycles. The van der Waals surface area contributed by atoms with Crippen molar-refractivity contribution >= 4 is 0 Å². The molecule has 0 unspecified atom stereocenters. The Kier molecular flexibility index (Phi) is 4.94. The Labute approximate surface area is 186 Å². The van der Waals surface area contributed by atoms with Gasteiger partial charge in [-0.15, -0.1) is 0 Å². The minimum absolute atomic E-state index is 0.00555. The molecule has 1 N–H and O–H groups in total. The Hall–Kier alpha value is -4.73. The molecule has 9 nitrogen and oxygen atoms in total. The Bertz CT molecular complexity index is 1510. The van der Waals surface area contributed by atoms with E-state index < -0.39 is 11.2 Å². The predicted molar refractivity (Wildman–Crippen MR) is 118 cm³/mol. The summed E-state index contributed by atoms with van der Waals surface area (Å²) in [5.74, 6) is -0.765. The Balaban J connectivity index is 1.65. The third kappa shape index (κ3) is 3.53. The first-order chi connectivity index (χ1) is 16.1. The molecule has 0 saturated carbocycles. The standard InChI is InChI=1S/C23H17FN6O3/c1-33-20-14-28(18-8-7-16(13-17(18)24)30-21(31)10-12-26-30)27-22(23(20)32)19-9-11-25-29(19)15-5-3-2-4-6-15/h2-14,31H,1H3. The zero-order valence-electron chi connectivity index (χ0n) is 17.3. The first-order valence-corrected chi connectivity index (χ1v) is 9.88. The van der Waals surface area contributed by atoms with Crippen molar-refractivity contribution in [1.29, 1.82) is 0 Å². The van der Waals surface area contributed by atoms with Crippen LogP contribution >= 0.6 is 0 Å². The third-order valence-electron chi connectivity index (χ3n) is 5.04. The lowest BCUT2D eigenvalue weighted by Gasteiger charge is -2.13. The number of ether oxygens (including phenoxy) is 1. The van der Waals surface area contributed by atoms with E-state index >= 15 is 4.39 Å². The van der Waals surface area contributed by atoms with Gasteiger partial charge in [0, 0.05) is 12.1 Å². The maximum absolute atomic E-state index is 15.1. The molecule has 0 radical (unpaired) electrons. The summed E-state index contributed by atoms with van der Waals surface area (Å²) in [5.41, 5.74) is 1.17. The molecule has 5 rings (SSSR count). The zero-order valence-corrected chi connectivity index (χ0v) is 17.3. The van der Waals surface area contributed by atoms with Crippen LogP contribution in [-0.4, -0.2) is 41.6 Å². The van der Waals surface area contributed by atoms with Crippen LogP contribution in [0.5, 0.6) is 11.6 Å². The Morgan fingerprint density at radius 3 is 2.39 bits per heavy atom. The van der Waals surface area contributed by atoms with Crippen LogP contribution in [0.15, 0.2) is 84.0 Å². The molecule has 10 heteroatoms. The van der Waals surface area contributed by atoms with E-state index in [-0.39, 0.29) is 23.0 Å². The van der Waals surface area contributed by atoms with Crippen LogP contribution < -0.4 is 10.2 Å². The van der Waals surface area contributed by atoms with Crippen LogP contribution in [-0.2, 0) is 0 Å². The third-order valence-corrected chi connectivity index (χ3v) is 5.04. The molecular formula is C23H17FN6O3. The normalized spacial score (nSPS) is 11.0. The molecule has 164 valence electrons. The molecule has 5 aromatic rings. The molecule has 0 aliphatic rings. The Morgan fingerprint density at radius 1 is 0.939 bits per heavy atom. The van der Waals surface area contributed by atoms with E-state index in [4.69, 9.17) is 4.74 Å². The van der Waals surface area contributed by atoms with Gasteiger partial charge >= 0.3 is 0 Å². The van der Waals surface area contributed by atoms with Gasteiger partial charge in [-0.25, -0.2) is 18.4 Å². The van der Waals surface area contributed by atoms with Crippen molar-refractivity contribution < 1.29 is 14.2 Å². The molecule has 0 bridgehead atoms. The average molecular weight is 444 g/mol. The molecule has 0 saturated heterocycles. The van der Waals surface area contributed by atoms with Crippen LogP contribution in [0.1, 0.15) is 0 Å². The van der Waals surface area contributed by atoms with Gasteiger partial charge in [-0.3, -0.25) is 4.79 Å². The first kappa shape index (κ1) is 20.2. The van der Waals surface area contributed by atoms with Gasteiger partial charge in [-0.2, -0.15) is 15.3 Å². The van der Waals surface area contributed by atoms with Crippen molar-refractivity contribution in [3.8, 4) is 40.1 Å². The summed E-state index contributed by atoms with van der Waals surface area (Å²) in [7, 11) is 1.36. The number of rotatable bonds is 5. The number of para-hydroxylation sites is 1. The van der Waals surface area contributed by atoms with Crippen LogP contribution in [0.2, 0.25) is 0 Å². The molecule has 0 atom stereocenters. The highest BCUT2D eigenvalue weighted by molar-refractivity contribution is 5.59. The van der Waals surface area contributed by atoms with Crippen molar-refractivity contribution in [3.05, 3.63) is 95.3 Å². The first-order valence-electron chi connectivity index (χ1n) is 9.88. The highest BCUT2D eigenvalue weighted by atomic mass is 19.1. The number of benzene rings is 2. The van der Waals surface area contributed by atoms with E-state index in [1.165, 1.54) is 47.1 Å². The summed E-state index contributed by atoms with van der Waals surface area (Å²) in [5, 5.41) is 22.5. The summed E-state index contributed by atoms with van der Waals surface area (Å²) in [6, 6.07) is 16.6. The summed E-state index contributed by atoms with van der Waals surface area (Å²) in [6.45, 7) is 0. The molecule has 0 spiro atoms. The van der Waals surface area contributed by atoms with Crippen LogP contribution in [0.25, 0.3) is 28.5 Å². The lowest BCUT2D eigenvalue weighted by atomic mass is 10.2. The average Bonchev–Trinajstić information content (AvgIpc) is 3.49. The lowest BCUT2D eigenvalue weighted by molar-refractivity contribution is 0.405. The van der Waals surface area contributed by atoms with E-state index in [1.807, 2.05) is 30.3 Å². The number of methoxy groups -OCH3 is 1. The smallest absolute Gasteiger partial charge is 0.251 e. The van der Waals surface area contributed by atoms with Crippen LogP contribution in [0.3, 0.4) is 0 Å². The minimum atomic E-state index is -0.636. The van der Waals surface area contributed by atoms with Crippen molar-refractivity contribution in [1.82, 2.24) is 29.3 Å². The van der Waals surface area contributed by atoms with Crippen molar-refractivity contribution in [2.45, 2.75) is 0 Å². The molecule has 3 aromatic heterocycles. The van der Waals surface area contributed by atoms with E-state index in [1.54, 1.807) is 23.0 Å². The quantitative estimate of drug-likeness (QED) is 0.447. The lowest BCUT2D eigenvalue weighted by Crippen LogP contribution is -2.18. The Morgan fingerprint density at radius 2 is 1.70 bits per heavy atom. The largest absolute Gasteiger partial charge is 0.493 e. The monoisotopic (exact) mass is 444 g/mol. The van der Waals surface area contributed by atoms with Crippen molar-refractivity contribution in [3.63, 3.8) is 0 Å². The van der Waals surface area contributed by atoms with Crippen LogP contribution in [0, 0.1) is 5.82 Å². The van der Waals surface area contributed by atoms with Gasteiger partial charge in [0.15, 0.2) is 17.3 Å². The summed E-state index contributed by atoms with van der Waals surface area (Å²) in [6.07, 6.45) is 4.27. The minimum Gasteiger partial charge on any atom is -0.493 e.